The Bertz CT molecular complexity index is 444. The minimum Gasteiger partial charge on any atom is -0.380 e. The van der Waals surface area contributed by atoms with Gasteiger partial charge in [-0.25, -0.2) is 0 Å². The highest BCUT2D eigenvalue weighted by molar-refractivity contribution is 9.10. The second kappa shape index (κ2) is 7.35. The molecule has 0 saturated carbocycles. The Labute approximate surface area is 139 Å². The Hall–Kier alpha value is 0.0400. The predicted molar refractivity (Wildman–Crippen MR) is 92.1 cm³/mol. The molecule has 2 unspecified atom stereocenters. The minimum atomic E-state index is 0.362. The maximum atomic E-state index is 6.29. The molecule has 2 atom stereocenters. The lowest BCUT2D eigenvalue weighted by molar-refractivity contribution is 0.172. The van der Waals surface area contributed by atoms with Gasteiger partial charge in [-0.1, -0.05) is 46.1 Å². The van der Waals surface area contributed by atoms with Gasteiger partial charge in [0.2, 0.25) is 0 Å². The van der Waals surface area contributed by atoms with Crippen LogP contribution in [-0.4, -0.2) is 30.6 Å². The van der Waals surface area contributed by atoms with Gasteiger partial charge in [-0.2, -0.15) is 0 Å². The lowest BCUT2D eigenvalue weighted by atomic mass is 9.91. The summed E-state index contributed by atoms with van der Waals surface area (Å²) in [5.74, 6) is 0.638. The van der Waals surface area contributed by atoms with Crippen LogP contribution in [0.4, 0.5) is 5.69 Å². The summed E-state index contributed by atoms with van der Waals surface area (Å²) >= 11 is 16.0. The van der Waals surface area contributed by atoms with Crippen molar-refractivity contribution >= 4 is 44.8 Å². The molecule has 0 spiro atoms. The van der Waals surface area contributed by atoms with Gasteiger partial charge >= 0.3 is 0 Å². The molecule has 1 aromatic rings. The van der Waals surface area contributed by atoms with E-state index >= 15 is 0 Å². The second-order valence-electron chi connectivity index (χ2n) is 5.47. The first kappa shape index (κ1) is 16.4. The molecule has 2 nitrogen and oxygen atoms in total. The lowest BCUT2D eigenvalue weighted by Crippen LogP contribution is -2.41. The molecule has 1 N–H and O–H groups in total. The summed E-state index contributed by atoms with van der Waals surface area (Å²) in [6, 6.07) is 4.11. The first-order valence-electron chi connectivity index (χ1n) is 7.14. The van der Waals surface area contributed by atoms with E-state index < -0.39 is 0 Å². The fourth-order valence-corrected chi connectivity index (χ4v) is 4.13. The number of rotatable bonds is 4. The van der Waals surface area contributed by atoms with Gasteiger partial charge in [-0.3, -0.25) is 0 Å². The van der Waals surface area contributed by atoms with E-state index in [-0.39, 0.29) is 0 Å². The summed E-state index contributed by atoms with van der Waals surface area (Å²) in [6.45, 7) is 7.94. The molecule has 0 aromatic heterocycles. The zero-order valence-corrected chi connectivity index (χ0v) is 15.0. The standard InChI is InChI=1S/C15H21BrCl2N2/c1-3-20-6-4-5-11(9-20)10(2)19-15-13(17)7-12(16)8-14(15)18/h7-8,10-11,19H,3-6,9H2,1-2H3. The number of nitrogens with one attached hydrogen (secondary N) is 1. The van der Waals surface area contributed by atoms with Crippen LogP contribution in [0.3, 0.4) is 0 Å². The van der Waals surface area contributed by atoms with Gasteiger partial charge < -0.3 is 10.2 Å². The summed E-state index contributed by atoms with van der Waals surface area (Å²) in [6.07, 6.45) is 2.53. The van der Waals surface area contributed by atoms with Crippen LogP contribution in [0, 0.1) is 5.92 Å². The molecule has 2 rings (SSSR count). The Morgan fingerprint density at radius 3 is 2.65 bits per heavy atom. The molecule has 112 valence electrons. The Kier molecular flexibility index (Phi) is 6.03. The van der Waals surface area contributed by atoms with Gasteiger partial charge in [0.25, 0.3) is 0 Å². The van der Waals surface area contributed by atoms with Gasteiger partial charge in [0.1, 0.15) is 0 Å². The van der Waals surface area contributed by atoms with Crippen LogP contribution in [0.15, 0.2) is 16.6 Å². The largest absolute Gasteiger partial charge is 0.380 e. The van der Waals surface area contributed by atoms with Crippen LogP contribution in [-0.2, 0) is 0 Å². The maximum Gasteiger partial charge on any atom is 0.0721 e. The van der Waals surface area contributed by atoms with Gasteiger partial charge in [-0.05, 0) is 50.9 Å². The van der Waals surface area contributed by atoms with Crippen molar-refractivity contribution < 1.29 is 0 Å². The fraction of sp³-hybridized carbons (Fsp3) is 0.600. The van der Waals surface area contributed by atoms with E-state index in [1.165, 1.54) is 19.4 Å². The first-order chi connectivity index (χ1) is 9.51. The van der Waals surface area contributed by atoms with Crippen LogP contribution in [0.2, 0.25) is 10.0 Å². The number of likely N-dealkylation sites (tertiary alicyclic amines) is 1. The Balaban J connectivity index is 2.06. The summed E-state index contributed by atoms with van der Waals surface area (Å²) < 4.78 is 0.903. The molecule has 1 aliphatic heterocycles. The molecule has 1 fully saturated rings. The van der Waals surface area contributed by atoms with Gasteiger partial charge in [0.05, 0.1) is 15.7 Å². The fourth-order valence-electron chi connectivity index (χ4n) is 2.81. The van der Waals surface area contributed by atoms with Crippen LogP contribution in [0.1, 0.15) is 26.7 Å². The van der Waals surface area contributed by atoms with Gasteiger partial charge in [0.15, 0.2) is 0 Å². The number of hydrogen-bond acceptors (Lipinski definition) is 2. The number of hydrogen-bond donors (Lipinski definition) is 1. The van der Waals surface area contributed by atoms with Crippen LogP contribution < -0.4 is 5.32 Å². The summed E-state index contributed by atoms with van der Waals surface area (Å²) in [5, 5.41) is 4.84. The third kappa shape index (κ3) is 4.03. The van der Waals surface area contributed by atoms with Crippen molar-refractivity contribution in [3.05, 3.63) is 26.7 Å². The van der Waals surface area contributed by atoms with Crippen LogP contribution >= 0.6 is 39.1 Å². The molecular weight excluding hydrogens is 359 g/mol. The number of benzene rings is 1. The number of halogens is 3. The van der Waals surface area contributed by atoms with E-state index in [0.717, 1.165) is 23.2 Å². The summed E-state index contributed by atoms with van der Waals surface area (Å²) in [5.41, 5.74) is 0.845. The highest BCUT2D eigenvalue weighted by Gasteiger charge is 2.24. The van der Waals surface area contributed by atoms with Gasteiger partial charge in [-0.15, -0.1) is 0 Å². The number of anilines is 1. The van der Waals surface area contributed by atoms with Crippen molar-refractivity contribution in [2.45, 2.75) is 32.7 Å². The number of piperidine rings is 1. The highest BCUT2D eigenvalue weighted by atomic mass is 79.9. The van der Waals surface area contributed by atoms with E-state index in [1.54, 1.807) is 0 Å². The third-order valence-electron chi connectivity index (χ3n) is 4.08. The molecule has 1 saturated heterocycles. The van der Waals surface area contributed by atoms with Crippen molar-refractivity contribution in [3.8, 4) is 0 Å². The van der Waals surface area contributed by atoms with Crippen LogP contribution in [0.5, 0.6) is 0 Å². The molecule has 1 aromatic carbocycles. The monoisotopic (exact) mass is 378 g/mol. The quantitative estimate of drug-likeness (QED) is 0.764. The maximum absolute atomic E-state index is 6.29. The third-order valence-corrected chi connectivity index (χ3v) is 5.13. The number of nitrogens with zero attached hydrogens (tertiary/aromatic N) is 1. The molecule has 1 aliphatic rings. The van der Waals surface area contributed by atoms with Crippen molar-refractivity contribution in [3.63, 3.8) is 0 Å². The molecular formula is C15H21BrCl2N2. The smallest absolute Gasteiger partial charge is 0.0721 e. The lowest BCUT2D eigenvalue weighted by Gasteiger charge is -2.36. The zero-order chi connectivity index (χ0) is 14.7. The molecule has 0 bridgehead atoms. The Morgan fingerprint density at radius 1 is 1.40 bits per heavy atom. The highest BCUT2D eigenvalue weighted by Crippen LogP contribution is 2.35. The summed E-state index contributed by atoms with van der Waals surface area (Å²) in [7, 11) is 0. The SMILES string of the molecule is CCN1CCCC(C(C)Nc2c(Cl)cc(Br)cc2Cl)C1. The van der Waals surface area contributed by atoms with E-state index in [2.05, 4.69) is 40.0 Å². The summed E-state index contributed by atoms with van der Waals surface area (Å²) in [4.78, 5) is 2.51. The van der Waals surface area contributed by atoms with Crippen molar-refractivity contribution in [1.82, 2.24) is 4.90 Å². The van der Waals surface area contributed by atoms with E-state index in [4.69, 9.17) is 23.2 Å². The minimum absolute atomic E-state index is 0.362. The van der Waals surface area contributed by atoms with Crippen molar-refractivity contribution in [2.24, 2.45) is 5.92 Å². The Morgan fingerprint density at radius 2 is 2.05 bits per heavy atom. The van der Waals surface area contributed by atoms with E-state index in [9.17, 15) is 0 Å². The van der Waals surface area contributed by atoms with Crippen molar-refractivity contribution in [2.75, 3.05) is 25.0 Å². The average Bonchev–Trinajstić information content (AvgIpc) is 2.42. The van der Waals surface area contributed by atoms with Gasteiger partial charge in [0, 0.05) is 17.1 Å². The molecule has 0 radical (unpaired) electrons. The predicted octanol–water partition coefficient (Wildman–Crippen LogP) is 5.29. The normalized spacial score (nSPS) is 21.8. The van der Waals surface area contributed by atoms with E-state index in [0.29, 0.717) is 22.0 Å². The topological polar surface area (TPSA) is 15.3 Å². The molecule has 1 heterocycles. The molecule has 5 heteroatoms. The molecule has 0 aliphatic carbocycles. The average molecular weight is 380 g/mol. The van der Waals surface area contributed by atoms with Crippen molar-refractivity contribution in [1.29, 1.82) is 0 Å². The zero-order valence-electron chi connectivity index (χ0n) is 11.9. The molecule has 0 amide bonds. The van der Waals surface area contributed by atoms with Crippen LogP contribution in [0.25, 0.3) is 0 Å². The first-order valence-corrected chi connectivity index (χ1v) is 8.69. The molecule has 20 heavy (non-hydrogen) atoms. The second-order valence-corrected chi connectivity index (χ2v) is 7.20. The van der Waals surface area contributed by atoms with E-state index in [1.807, 2.05) is 12.1 Å².